The van der Waals surface area contributed by atoms with E-state index in [2.05, 4.69) is 10.3 Å². The second-order valence-electron chi connectivity index (χ2n) is 5.03. The van der Waals surface area contributed by atoms with Gasteiger partial charge < -0.3 is 5.73 Å². The maximum absolute atomic E-state index is 12.3. The van der Waals surface area contributed by atoms with Gasteiger partial charge in [0.1, 0.15) is 5.69 Å². The van der Waals surface area contributed by atoms with Gasteiger partial charge in [-0.05, 0) is 24.3 Å². The second kappa shape index (κ2) is 6.88. The summed E-state index contributed by atoms with van der Waals surface area (Å²) >= 11 is 7.11. The lowest BCUT2D eigenvalue weighted by molar-refractivity contribution is -0.383. The molecular weight excluding hydrogens is 364 g/mol. The van der Waals surface area contributed by atoms with Gasteiger partial charge in [-0.3, -0.25) is 20.2 Å². The third-order valence-corrected chi connectivity index (χ3v) is 4.36. The number of hydrogen-bond acceptors (Lipinski definition) is 6. The molecular formula is C16H11ClN4O3S. The lowest BCUT2D eigenvalue weighted by Gasteiger charge is -2.03. The Morgan fingerprint density at radius 2 is 1.96 bits per heavy atom. The molecule has 0 fully saturated rings. The van der Waals surface area contributed by atoms with Crippen molar-refractivity contribution >= 4 is 45.4 Å². The number of nitro groups is 1. The molecule has 1 amide bonds. The summed E-state index contributed by atoms with van der Waals surface area (Å²) in [5, 5.41) is 16.3. The van der Waals surface area contributed by atoms with Gasteiger partial charge in [-0.1, -0.05) is 23.7 Å². The SMILES string of the molecule is Nc1ccc(C(=O)Nc2nc(-c3ccc(Cl)cc3)cs2)cc1[N+](=O)[O-]. The third kappa shape index (κ3) is 3.76. The Bertz CT molecular complexity index is 956. The Balaban J connectivity index is 1.79. The number of rotatable bonds is 4. The number of nitro benzene ring substituents is 1. The predicted octanol–water partition coefficient (Wildman–Crippen LogP) is 4.21. The van der Waals surface area contributed by atoms with E-state index in [-0.39, 0.29) is 16.9 Å². The summed E-state index contributed by atoms with van der Waals surface area (Å²) in [5.74, 6) is -0.500. The molecule has 1 heterocycles. The Labute approximate surface area is 151 Å². The van der Waals surface area contributed by atoms with Crippen molar-refractivity contribution in [1.29, 1.82) is 0 Å². The number of nitrogens with one attached hydrogen (secondary N) is 1. The summed E-state index contributed by atoms with van der Waals surface area (Å²) in [6.45, 7) is 0. The predicted molar refractivity (Wildman–Crippen MR) is 98.0 cm³/mol. The number of benzene rings is 2. The average molecular weight is 375 g/mol. The van der Waals surface area contributed by atoms with Crippen LogP contribution < -0.4 is 11.1 Å². The van der Waals surface area contributed by atoms with Crippen LogP contribution in [0.15, 0.2) is 47.8 Å². The number of amides is 1. The highest BCUT2D eigenvalue weighted by atomic mass is 35.5. The van der Waals surface area contributed by atoms with Crippen LogP contribution in [0.3, 0.4) is 0 Å². The quantitative estimate of drug-likeness (QED) is 0.403. The number of thiazole rings is 1. The van der Waals surface area contributed by atoms with Crippen LogP contribution in [0.4, 0.5) is 16.5 Å². The fourth-order valence-corrected chi connectivity index (χ4v) is 2.94. The van der Waals surface area contributed by atoms with Gasteiger partial charge in [0.15, 0.2) is 5.13 Å². The number of carbonyl (C=O) groups is 1. The van der Waals surface area contributed by atoms with Crippen LogP contribution in [0.25, 0.3) is 11.3 Å². The second-order valence-corrected chi connectivity index (χ2v) is 6.32. The van der Waals surface area contributed by atoms with Crippen LogP contribution in [0.5, 0.6) is 0 Å². The van der Waals surface area contributed by atoms with Gasteiger partial charge in [0.05, 0.1) is 10.6 Å². The summed E-state index contributed by atoms with van der Waals surface area (Å²) in [5.41, 5.74) is 6.91. The largest absolute Gasteiger partial charge is 0.393 e. The molecule has 0 aliphatic heterocycles. The van der Waals surface area contributed by atoms with Crippen molar-refractivity contribution in [2.75, 3.05) is 11.1 Å². The summed E-state index contributed by atoms with van der Waals surface area (Å²) in [4.78, 5) is 26.9. The summed E-state index contributed by atoms with van der Waals surface area (Å²) in [6, 6.07) is 11.0. The van der Waals surface area contributed by atoms with E-state index >= 15 is 0 Å². The first kappa shape index (κ1) is 16.9. The molecule has 0 radical (unpaired) electrons. The normalized spacial score (nSPS) is 10.4. The molecule has 0 aliphatic carbocycles. The van der Waals surface area contributed by atoms with Crippen LogP contribution in [0, 0.1) is 10.1 Å². The number of carbonyl (C=O) groups excluding carboxylic acids is 1. The van der Waals surface area contributed by atoms with E-state index in [9.17, 15) is 14.9 Å². The first-order valence-corrected chi connectivity index (χ1v) is 8.26. The van der Waals surface area contributed by atoms with Gasteiger partial charge in [-0.15, -0.1) is 11.3 Å². The van der Waals surface area contributed by atoms with Gasteiger partial charge in [0.2, 0.25) is 0 Å². The molecule has 0 atom stereocenters. The van der Waals surface area contributed by atoms with Crippen molar-refractivity contribution in [2.24, 2.45) is 0 Å². The van der Waals surface area contributed by atoms with Crippen molar-refractivity contribution in [3.05, 3.63) is 68.5 Å². The molecule has 0 aliphatic rings. The fraction of sp³-hybridized carbons (Fsp3) is 0. The van der Waals surface area contributed by atoms with E-state index in [1.165, 1.54) is 23.5 Å². The molecule has 3 N–H and O–H groups in total. The van der Waals surface area contributed by atoms with E-state index in [0.717, 1.165) is 11.6 Å². The molecule has 0 saturated heterocycles. The van der Waals surface area contributed by atoms with Crippen molar-refractivity contribution in [3.8, 4) is 11.3 Å². The minimum absolute atomic E-state index is 0.000762. The maximum Gasteiger partial charge on any atom is 0.292 e. The lowest BCUT2D eigenvalue weighted by Crippen LogP contribution is -2.12. The molecule has 7 nitrogen and oxygen atoms in total. The van der Waals surface area contributed by atoms with Gasteiger partial charge in [-0.2, -0.15) is 0 Å². The van der Waals surface area contributed by atoms with E-state index < -0.39 is 10.8 Å². The monoisotopic (exact) mass is 374 g/mol. The zero-order chi connectivity index (χ0) is 18.0. The third-order valence-electron chi connectivity index (χ3n) is 3.35. The zero-order valence-electron chi connectivity index (χ0n) is 12.6. The van der Waals surface area contributed by atoms with E-state index in [4.69, 9.17) is 17.3 Å². The maximum atomic E-state index is 12.3. The summed E-state index contributed by atoms with van der Waals surface area (Å²) in [7, 11) is 0. The fourth-order valence-electron chi connectivity index (χ4n) is 2.10. The Morgan fingerprint density at radius 3 is 2.64 bits per heavy atom. The van der Waals surface area contributed by atoms with Crippen LogP contribution in [-0.2, 0) is 0 Å². The minimum atomic E-state index is -0.631. The molecule has 0 unspecified atom stereocenters. The number of halogens is 1. The number of anilines is 2. The Hall–Kier alpha value is -2.97. The van der Waals surface area contributed by atoms with Crippen molar-refractivity contribution in [3.63, 3.8) is 0 Å². The van der Waals surface area contributed by atoms with Gasteiger partial charge >= 0.3 is 0 Å². The number of nitrogen functional groups attached to an aromatic ring is 1. The number of hydrogen-bond donors (Lipinski definition) is 2. The Morgan fingerprint density at radius 1 is 1.24 bits per heavy atom. The molecule has 25 heavy (non-hydrogen) atoms. The van der Waals surface area contributed by atoms with Crippen molar-refractivity contribution in [1.82, 2.24) is 4.98 Å². The molecule has 3 rings (SSSR count). The first-order chi connectivity index (χ1) is 11.9. The molecule has 1 aromatic heterocycles. The molecule has 2 aromatic carbocycles. The highest BCUT2D eigenvalue weighted by Crippen LogP contribution is 2.27. The molecule has 126 valence electrons. The van der Waals surface area contributed by atoms with Crippen LogP contribution in [0.2, 0.25) is 5.02 Å². The highest BCUT2D eigenvalue weighted by molar-refractivity contribution is 7.14. The van der Waals surface area contributed by atoms with Crippen molar-refractivity contribution in [2.45, 2.75) is 0 Å². The van der Waals surface area contributed by atoms with Gasteiger partial charge in [0, 0.05) is 27.6 Å². The standard InChI is InChI=1S/C16H11ClN4O3S/c17-11-4-1-9(2-5-11)13-8-25-16(19-13)20-15(22)10-3-6-12(18)14(7-10)21(23)24/h1-8H,18H2,(H,19,20,22). The topological polar surface area (TPSA) is 111 Å². The molecule has 3 aromatic rings. The molecule has 0 spiro atoms. The molecule has 0 bridgehead atoms. The van der Waals surface area contributed by atoms with Crippen LogP contribution in [-0.4, -0.2) is 15.8 Å². The number of nitrogens with zero attached hydrogens (tertiary/aromatic N) is 2. The molecule has 0 saturated carbocycles. The smallest absolute Gasteiger partial charge is 0.292 e. The van der Waals surface area contributed by atoms with Gasteiger partial charge in [0.25, 0.3) is 11.6 Å². The van der Waals surface area contributed by atoms with Crippen LogP contribution in [0.1, 0.15) is 10.4 Å². The highest BCUT2D eigenvalue weighted by Gasteiger charge is 2.16. The first-order valence-electron chi connectivity index (χ1n) is 7.01. The number of nitrogens with two attached hydrogens (primary N) is 1. The minimum Gasteiger partial charge on any atom is -0.393 e. The summed E-state index contributed by atoms with van der Waals surface area (Å²) in [6.07, 6.45) is 0. The summed E-state index contributed by atoms with van der Waals surface area (Å²) < 4.78 is 0. The molecule has 9 heteroatoms. The van der Waals surface area contributed by atoms with Crippen LogP contribution >= 0.6 is 22.9 Å². The van der Waals surface area contributed by atoms with E-state index in [0.29, 0.717) is 15.8 Å². The Kier molecular flexibility index (Phi) is 4.64. The van der Waals surface area contributed by atoms with E-state index in [1.54, 1.807) is 17.5 Å². The van der Waals surface area contributed by atoms with Crippen molar-refractivity contribution < 1.29 is 9.72 Å². The van der Waals surface area contributed by atoms with Gasteiger partial charge in [-0.25, -0.2) is 4.98 Å². The average Bonchev–Trinajstić information content (AvgIpc) is 3.04. The zero-order valence-corrected chi connectivity index (χ0v) is 14.2. The lowest BCUT2D eigenvalue weighted by atomic mass is 10.1. The number of aromatic nitrogens is 1. The van der Waals surface area contributed by atoms with E-state index in [1.807, 2.05) is 12.1 Å².